The van der Waals surface area contributed by atoms with Crippen molar-refractivity contribution >= 4 is 52.3 Å². The Morgan fingerprint density at radius 3 is 2.82 bits per heavy atom. The molecule has 2 heterocycles. The summed E-state index contributed by atoms with van der Waals surface area (Å²) in [5.74, 6) is -0.272. The van der Waals surface area contributed by atoms with Crippen LogP contribution in [0.5, 0.6) is 0 Å². The lowest BCUT2D eigenvalue weighted by Crippen LogP contribution is -2.03. The number of fused-ring (bicyclic) bond motifs is 1. The first-order chi connectivity index (χ1) is 13.4. The lowest BCUT2D eigenvalue weighted by molar-refractivity contribution is -0.387. The number of nitro groups is 1. The number of nitrogens with one attached hydrogen (secondary N) is 1. The fourth-order valence-corrected chi connectivity index (χ4v) is 3.93. The fourth-order valence-electron chi connectivity index (χ4n) is 2.87. The SMILES string of the molecule is Cn1ccnc1Sc1ccc(/C=C2/C(=O)Nc3ccc(Cl)cc32)cc1[N+](=O)[O-]. The Labute approximate surface area is 169 Å². The number of nitro benzene ring substituents is 1. The second kappa shape index (κ2) is 7.14. The van der Waals surface area contributed by atoms with Crippen molar-refractivity contribution in [2.45, 2.75) is 10.1 Å². The highest BCUT2D eigenvalue weighted by Crippen LogP contribution is 2.37. The van der Waals surface area contributed by atoms with Crippen LogP contribution in [0.4, 0.5) is 11.4 Å². The molecule has 0 bridgehead atoms. The maximum absolute atomic E-state index is 12.3. The summed E-state index contributed by atoms with van der Waals surface area (Å²) in [5.41, 5.74) is 2.25. The van der Waals surface area contributed by atoms with E-state index in [1.807, 2.05) is 7.05 Å². The van der Waals surface area contributed by atoms with Crippen molar-refractivity contribution in [3.63, 3.8) is 0 Å². The van der Waals surface area contributed by atoms with Crippen LogP contribution >= 0.6 is 23.4 Å². The van der Waals surface area contributed by atoms with Gasteiger partial charge in [0.25, 0.3) is 11.6 Å². The zero-order valence-corrected chi connectivity index (χ0v) is 16.1. The molecule has 1 aromatic heterocycles. The number of nitrogens with zero attached hydrogens (tertiary/aromatic N) is 3. The van der Waals surface area contributed by atoms with E-state index in [9.17, 15) is 14.9 Å². The summed E-state index contributed by atoms with van der Waals surface area (Å²) in [5, 5.41) is 15.5. The van der Waals surface area contributed by atoms with Gasteiger partial charge in [-0.3, -0.25) is 14.9 Å². The number of amides is 1. The Morgan fingerprint density at radius 1 is 1.29 bits per heavy atom. The first-order valence-electron chi connectivity index (χ1n) is 8.19. The molecule has 1 N–H and O–H groups in total. The molecule has 9 heteroatoms. The van der Waals surface area contributed by atoms with E-state index < -0.39 is 4.92 Å². The number of imidazole rings is 1. The minimum Gasteiger partial charge on any atom is -0.329 e. The number of carbonyl (C=O) groups is 1. The van der Waals surface area contributed by atoms with Crippen LogP contribution in [0.1, 0.15) is 11.1 Å². The molecule has 7 nitrogen and oxygen atoms in total. The number of benzene rings is 2. The summed E-state index contributed by atoms with van der Waals surface area (Å²) in [7, 11) is 1.82. The van der Waals surface area contributed by atoms with Crippen LogP contribution in [0.3, 0.4) is 0 Å². The predicted molar refractivity (Wildman–Crippen MR) is 108 cm³/mol. The smallest absolute Gasteiger partial charge is 0.283 e. The first kappa shape index (κ1) is 18.3. The molecule has 1 aliphatic rings. The molecule has 0 saturated carbocycles. The largest absolute Gasteiger partial charge is 0.329 e. The Kier molecular flexibility index (Phi) is 4.66. The van der Waals surface area contributed by atoms with Crippen LogP contribution < -0.4 is 5.32 Å². The van der Waals surface area contributed by atoms with Crippen molar-refractivity contribution in [3.05, 3.63) is 75.1 Å². The summed E-state index contributed by atoms with van der Waals surface area (Å²) in [6.45, 7) is 0. The van der Waals surface area contributed by atoms with Crippen LogP contribution in [0.2, 0.25) is 5.02 Å². The number of hydrogen-bond donors (Lipinski definition) is 1. The Balaban J connectivity index is 1.74. The number of halogens is 1. The molecule has 0 fully saturated rings. The lowest BCUT2D eigenvalue weighted by atomic mass is 10.0. The summed E-state index contributed by atoms with van der Waals surface area (Å²) < 4.78 is 1.79. The van der Waals surface area contributed by atoms with E-state index in [4.69, 9.17) is 11.6 Å². The molecule has 4 rings (SSSR count). The van der Waals surface area contributed by atoms with Crippen molar-refractivity contribution < 1.29 is 9.72 Å². The molecule has 0 atom stereocenters. The summed E-state index contributed by atoms with van der Waals surface area (Å²) in [6, 6.07) is 9.97. The Morgan fingerprint density at radius 2 is 2.11 bits per heavy atom. The first-order valence-corrected chi connectivity index (χ1v) is 9.38. The third-order valence-electron chi connectivity index (χ3n) is 4.23. The van der Waals surface area contributed by atoms with Gasteiger partial charge >= 0.3 is 0 Å². The number of aryl methyl sites for hydroxylation is 1. The highest BCUT2D eigenvalue weighted by Gasteiger charge is 2.25. The number of carbonyl (C=O) groups excluding carboxylic acids is 1. The van der Waals surface area contributed by atoms with Gasteiger partial charge in [-0.2, -0.15) is 0 Å². The van der Waals surface area contributed by atoms with Gasteiger partial charge in [0.1, 0.15) is 0 Å². The Bertz CT molecular complexity index is 1160. The van der Waals surface area contributed by atoms with Gasteiger partial charge in [-0.05, 0) is 47.7 Å². The van der Waals surface area contributed by atoms with Gasteiger partial charge in [-0.1, -0.05) is 17.7 Å². The quantitative estimate of drug-likeness (QED) is 0.383. The van der Waals surface area contributed by atoms with E-state index in [1.165, 1.54) is 17.8 Å². The molecular weight excluding hydrogens is 400 g/mol. The second-order valence-electron chi connectivity index (χ2n) is 6.11. The monoisotopic (exact) mass is 412 g/mol. The highest BCUT2D eigenvalue weighted by atomic mass is 35.5. The van der Waals surface area contributed by atoms with Crippen LogP contribution in [-0.4, -0.2) is 20.4 Å². The highest BCUT2D eigenvalue weighted by molar-refractivity contribution is 7.99. The molecule has 3 aromatic rings. The molecule has 0 radical (unpaired) electrons. The molecule has 0 spiro atoms. The third-order valence-corrected chi connectivity index (χ3v) is 5.61. The average molecular weight is 413 g/mol. The maximum Gasteiger partial charge on any atom is 0.283 e. The number of anilines is 1. The van der Waals surface area contributed by atoms with Crippen molar-refractivity contribution in [3.8, 4) is 0 Å². The van der Waals surface area contributed by atoms with Gasteiger partial charge in [0.15, 0.2) is 5.16 Å². The normalized spacial score (nSPS) is 14.2. The van der Waals surface area contributed by atoms with E-state index in [2.05, 4.69) is 10.3 Å². The van der Waals surface area contributed by atoms with Gasteiger partial charge in [0.2, 0.25) is 0 Å². The second-order valence-corrected chi connectivity index (χ2v) is 7.55. The molecule has 140 valence electrons. The Hall–Kier alpha value is -3.10. The molecular formula is C19H13ClN4O3S. The molecule has 1 aliphatic heterocycles. The lowest BCUT2D eigenvalue weighted by Gasteiger charge is -2.05. The van der Waals surface area contributed by atoms with E-state index in [1.54, 1.807) is 53.4 Å². The minimum absolute atomic E-state index is 0.0490. The van der Waals surface area contributed by atoms with E-state index in [-0.39, 0.29) is 11.6 Å². The number of rotatable bonds is 4. The molecule has 0 saturated heterocycles. The molecule has 0 aliphatic carbocycles. The zero-order valence-electron chi connectivity index (χ0n) is 14.5. The predicted octanol–water partition coefficient (Wildman–Crippen LogP) is 4.63. The topological polar surface area (TPSA) is 90.1 Å². The van der Waals surface area contributed by atoms with Gasteiger partial charge in [-0.15, -0.1) is 0 Å². The van der Waals surface area contributed by atoms with E-state index >= 15 is 0 Å². The van der Waals surface area contributed by atoms with Crippen molar-refractivity contribution in [1.82, 2.24) is 9.55 Å². The van der Waals surface area contributed by atoms with E-state index in [0.29, 0.717) is 37.5 Å². The van der Waals surface area contributed by atoms with Crippen LogP contribution in [-0.2, 0) is 11.8 Å². The number of aromatic nitrogens is 2. The molecule has 28 heavy (non-hydrogen) atoms. The fraction of sp³-hybridized carbons (Fsp3) is 0.0526. The molecule has 0 unspecified atom stereocenters. The number of hydrogen-bond acceptors (Lipinski definition) is 5. The zero-order chi connectivity index (χ0) is 19.8. The summed E-state index contributed by atoms with van der Waals surface area (Å²) in [6.07, 6.45) is 5.03. The standard InChI is InChI=1S/C19H13ClN4O3S/c1-23-7-6-21-19(23)28-17-5-2-11(9-16(17)24(26)27)8-14-13-10-12(20)3-4-15(13)22-18(14)25/h2-10H,1H3,(H,22,25)/b14-8+. The molecule has 1 amide bonds. The third kappa shape index (κ3) is 3.39. The summed E-state index contributed by atoms with van der Waals surface area (Å²) >= 11 is 7.25. The van der Waals surface area contributed by atoms with Gasteiger partial charge in [-0.25, -0.2) is 4.98 Å². The minimum atomic E-state index is -0.438. The maximum atomic E-state index is 12.3. The van der Waals surface area contributed by atoms with Crippen LogP contribution in [0.15, 0.2) is 58.8 Å². The van der Waals surface area contributed by atoms with Gasteiger partial charge < -0.3 is 9.88 Å². The molecule has 2 aromatic carbocycles. The average Bonchev–Trinajstić information content (AvgIpc) is 3.19. The van der Waals surface area contributed by atoms with Gasteiger partial charge in [0, 0.05) is 47.4 Å². The van der Waals surface area contributed by atoms with Crippen molar-refractivity contribution in [2.24, 2.45) is 7.05 Å². The van der Waals surface area contributed by atoms with Gasteiger partial charge in [0.05, 0.1) is 9.82 Å². The van der Waals surface area contributed by atoms with Crippen LogP contribution in [0.25, 0.3) is 11.6 Å². The van der Waals surface area contributed by atoms with Crippen molar-refractivity contribution in [2.75, 3.05) is 5.32 Å². The van der Waals surface area contributed by atoms with Crippen molar-refractivity contribution in [1.29, 1.82) is 0 Å². The summed E-state index contributed by atoms with van der Waals surface area (Å²) in [4.78, 5) is 28.1. The van der Waals surface area contributed by atoms with E-state index in [0.717, 1.165) is 0 Å². The van der Waals surface area contributed by atoms with Crippen LogP contribution in [0, 0.1) is 10.1 Å².